The van der Waals surface area contributed by atoms with E-state index in [1.807, 2.05) is 34.6 Å². The van der Waals surface area contributed by atoms with E-state index in [1.165, 1.54) is 0 Å². The Bertz CT molecular complexity index is 257. The largest absolute Gasteiger partial charge is 0.444 e. The molecule has 0 unspecified atom stereocenters. The number of nitrogens with one attached hydrogen (secondary N) is 1. The van der Waals surface area contributed by atoms with Gasteiger partial charge in [0.25, 0.3) is 0 Å². The van der Waals surface area contributed by atoms with Gasteiger partial charge in [-0.15, -0.1) is 0 Å². The Morgan fingerprint density at radius 2 is 2.12 bits per heavy atom. The van der Waals surface area contributed by atoms with Gasteiger partial charge in [-0.25, -0.2) is 4.79 Å². The van der Waals surface area contributed by atoms with Crippen molar-refractivity contribution in [3.8, 4) is 0 Å². The SMILES string of the molecule is CC(C)(C)OC(=O)NC[C@H]1COC(C)(C)O1. The number of ether oxygens (including phenoxy) is 3. The highest BCUT2D eigenvalue weighted by Crippen LogP contribution is 2.21. The van der Waals surface area contributed by atoms with Gasteiger partial charge in [-0.2, -0.15) is 0 Å². The average Bonchev–Trinajstić information content (AvgIpc) is 2.39. The van der Waals surface area contributed by atoms with Crippen LogP contribution in [0.5, 0.6) is 0 Å². The first-order valence-corrected chi connectivity index (χ1v) is 5.47. The molecule has 1 saturated heterocycles. The third-order valence-electron chi connectivity index (χ3n) is 1.94. The second-order valence-electron chi connectivity index (χ2n) is 5.33. The average molecular weight is 231 g/mol. The van der Waals surface area contributed by atoms with E-state index < -0.39 is 17.5 Å². The highest BCUT2D eigenvalue weighted by molar-refractivity contribution is 5.67. The molecule has 1 aliphatic heterocycles. The summed E-state index contributed by atoms with van der Waals surface area (Å²) in [6.07, 6.45) is -0.539. The lowest BCUT2D eigenvalue weighted by Gasteiger charge is -2.21. The number of rotatable bonds is 2. The van der Waals surface area contributed by atoms with Crippen molar-refractivity contribution in [1.29, 1.82) is 0 Å². The second kappa shape index (κ2) is 4.59. The number of hydrogen-bond acceptors (Lipinski definition) is 4. The summed E-state index contributed by atoms with van der Waals surface area (Å²) < 4.78 is 16.0. The molecule has 1 atom stereocenters. The van der Waals surface area contributed by atoms with Crippen LogP contribution < -0.4 is 5.32 Å². The molecule has 5 nitrogen and oxygen atoms in total. The molecule has 0 aromatic rings. The number of carbonyl (C=O) groups is 1. The van der Waals surface area contributed by atoms with E-state index >= 15 is 0 Å². The first-order chi connectivity index (χ1) is 7.18. The maximum atomic E-state index is 11.3. The van der Waals surface area contributed by atoms with E-state index in [9.17, 15) is 4.79 Å². The van der Waals surface area contributed by atoms with Gasteiger partial charge in [0.15, 0.2) is 5.79 Å². The Balaban J connectivity index is 2.23. The quantitative estimate of drug-likeness (QED) is 0.785. The van der Waals surface area contributed by atoms with E-state index in [4.69, 9.17) is 14.2 Å². The third-order valence-corrected chi connectivity index (χ3v) is 1.94. The van der Waals surface area contributed by atoms with Crippen molar-refractivity contribution in [1.82, 2.24) is 5.32 Å². The molecule has 5 heteroatoms. The van der Waals surface area contributed by atoms with Gasteiger partial charge in [-0.05, 0) is 34.6 Å². The van der Waals surface area contributed by atoms with Gasteiger partial charge in [0.2, 0.25) is 0 Å². The monoisotopic (exact) mass is 231 g/mol. The fourth-order valence-corrected chi connectivity index (χ4v) is 1.37. The molecule has 1 rings (SSSR count). The zero-order valence-electron chi connectivity index (χ0n) is 10.6. The Hall–Kier alpha value is -0.810. The van der Waals surface area contributed by atoms with Gasteiger partial charge in [0.05, 0.1) is 6.61 Å². The van der Waals surface area contributed by atoms with E-state index in [0.29, 0.717) is 13.2 Å². The summed E-state index contributed by atoms with van der Waals surface area (Å²) in [4.78, 5) is 11.3. The number of alkyl carbamates (subject to hydrolysis) is 1. The first kappa shape index (κ1) is 13.3. The molecule has 1 amide bonds. The first-order valence-electron chi connectivity index (χ1n) is 5.47. The van der Waals surface area contributed by atoms with Crippen LogP contribution in [0.15, 0.2) is 0 Å². The summed E-state index contributed by atoms with van der Waals surface area (Å²) >= 11 is 0. The predicted molar refractivity (Wildman–Crippen MR) is 59.1 cm³/mol. The van der Waals surface area contributed by atoms with Crippen LogP contribution >= 0.6 is 0 Å². The van der Waals surface area contributed by atoms with Gasteiger partial charge in [0.1, 0.15) is 11.7 Å². The summed E-state index contributed by atoms with van der Waals surface area (Å²) in [6, 6.07) is 0. The molecule has 0 spiro atoms. The summed E-state index contributed by atoms with van der Waals surface area (Å²) in [5.41, 5.74) is -0.476. The molecule has 1 heterocycles. The van der Waals surface area contributed by atoms with Gasteiger partial charge in [-0.1, -0.05) is 0 Å². The van der Waals surface area contributed by atoms with Crippen LogP contribution in [-0.2, 0) is 14.2 Å². The lowest BCUT2D eigenvalue weighted by Crippen LogP contribution is -2.38. The van der Waals surface area contributed by atoms with Gasteiger partial charge in [-0.3, -0.25) is 0 Å². The standard InChI is InChI=1S/C11H21NO4/c1-10(2,3)16-9(13)12-6-8-7-14-11(4,5)15-8/h8H,6-7H2,1-5H3,(H,12,13)/t8-/m0/s1. The van der Waals surface area contributed by atoms with E-state index in [0.717, 1.165) is 0 Å². The summed E-state index contributed by atoms with van der Waals surface area (Å²) in [5, 5.41) is 2.65. The Kier molecular flexibility index (Phi) is 3.80. The molecule has 16 heavy (non-hydrogen) atoms. The minimum Gasteiger partial charge on any atom is -0.444 e. The van der Waals surface area contributed by atoms with Crippen molar-refractivity contribution < 1.29 is 19.0 Å². The topological polar surface area (TPSA) is 56.8 Å². The smallest absolute Gasteiger partial charge is 0.407 e. The molecule has 0 radical (unpaired) electrons. The zero-order chi connectivity index (χ0) is 12.4. The molecule has 1 fully saturated rings. The van der Waals surface area contributed by atoms with Crippen molar-refractivity contribution >= 4 is 6.09 Å². The number of amides is 1. The molecule has 1 N–H and O–H groups in total. The lowest BCUT2D eigenvalue weighted by atomic mass is 10.2. The molecular formula is C11H21NO4. The summed E-state index contributed by atoms with van der Waals surface area (Å²) in [7, 11) is 0. The van der Waals surface area contributed by atoms with Crippen molar-refractivity contribution in [2.75, 3.05) is 13.2 Å². The molecule has 0 saturated carbocycles. The van der Waals surface area contributed by atoms with Gasteiger partial charge in [0, 0.05) is 6.54 Å². The highest BCUT2D eigenvalue weighted by Gasteiger charge is 2.32. The fraction of sp³-hybridized carbons (Fsp3) is 0.909. The van der Waals surface area contributed by atoms with Crippen LogP contribution in [0.3, 0.4) is 0 Å². The Morgan fingerprint density at radius 1 is 1.50 bits per heavy atom. The fourth-order valence-electron chi connectivity index (χ4n) is 1.37. The molecule has 0 aliphatic carbocycles. The third kappa shape index (κ3) is 4.81. The summed E-state index contributed by atoms with van der Waals surface area (Å²) in [6.45, 7) is 10.1. The highest BCUT2D eigenvalue weighted by atomic mass is 16.7. The molecular weight excluding hydrogens is 210 g/mol. The van der Waals surface area contributed by atoms with Gasteiger partial charge >= 0.3 is 6.09 Å². The molecule has 0 aromatic carbocycles. The minimum absolute atomic E-state index is 0.109. The van der Waals surface area contributed by atoms with Crippen LogP contribution in [0.25, 0.3) is 0 Å². The van der Waals surface area contributed by atoms with E-state index in [-0.39, 0.29) is 6.10 Å². The van der Waals surface area contributed by atoms with Crippen LogP contribution in [0.2, 0.25) is 0 Å². The van der Waals surface area contributed by atoms with Gasteiger partial charge < -0.3 is 19.5 Å². The molecule has 0 bridgehead atoms. The van der Waals surface area contributed by atoms with Crippen molar-refractivity contribution in [2.45, 2.75) is 52.1 Å². The van der Waals surface area contributed by atoms with Crippen molar-refractivity contribution in [3.63, 3.8) is 0 Å². The molecule has 0 aromatic heterocycles. The van der Waals surface area contributed by atoms with E-state index in [2.05, 4.69) is 5.32 Å². The van der Waals surface area contributed by atoms with Crippen molar-refractivity contribution in [3.05, 3.63) is 0 Å². The minimum atomic E-state index is -0.555. The maximum absolute atomic E-state index is 11.3. The van der Waals surface area contributed by atoms with E-state index in [1.54, 1.807) is 0 Å². The predicted octanol–water partition coefficient (Wildman–Crippen LogP) is 1.66. The van der Waals surface area contributed by atoms with Crippen molar-refractivity contribution in [2.24, 2.45) is 0 Å². The normalized spacial score (nSPS) is 24.2. The zero-order valence-corrected chi connectivity index (χ0v) is 10.6. The van der Waals surface area contributed by atoms with Crippen LogP contribution in [-0.4, -0.2) is 36.7 Å². The van der Waals surface area contributed by atoms with Crippen LogP contribution in [0.4, 0.5) is 4.79 Å². The van der Waals surface area contributed by atoms with Crippen LogP contribution in [0, 0.1) is 0 Å². The molecule has 94 valence electrons. The van der Waals surface area contributed by atoms with Crippen LogP contribution in [0.1, 0.15) is 34.6 Å². The lowest BCUT2D eigenvalue weighted by molar-refractivity contribution is -0.137. The number of carbonyl (C=O) groups excluding carboxylic acids is 1. The maximum Gasteiger partial charge on any atom is 0.407 e. The summed E-state index contributed by atoms with van der Waals surface area (Å²) in [5.74, 6) is -0.555. The Morgan fingerprint density at radius 3 is 2.56 bits per heavy atom. The number of hydrogen-bond donors (Lipinski definition) is 1. The molecule has 1 aliphatic rings. The second-order valence-corrected chi connectivity index (χ2v) is 5.33. The Labute approximate surface area is 96.4 Å².